The lowest BCUT2D eigenvalue weighted by molar-refractivity contribution is -0.133. The standard InChI is InChI=1S/C15H19FN2O3S2/c1-10-3-4-11(16)7-14(10)23(20,21)18-9-22-8-13(18)15(19)17(2)12-5-6-12/h3-4,7,12-13H,5-6,8-9H2,1-2H3/t13-/m1/s1. The van der Waals surface area contributed by atoms with Crippen molar-refractivity contribution in [1.82, 2.24) is 9.21 Å². The fourth-order valence-electron chi connectivity index (χ4n) is 2.71. The van der Waals surface area contributed by atoms with Crippen LogP contribution in [0.1, 0.15) is 18.4 Å². The molecule has 1 aliphatic heterocycles. The van der Waals surface area contributed by atoms with Gasteiger partial charge in [-0.05, 0) is 37.5 Å². The monoisotopic (exact) mass is 358 g/mol. The third-order valence-corrected chi connectivity index (χ3v) is 7.48. The Kier molecular flexibility index (Phi) is 4.41. The molecule has 1 heterocycles. The quantitative estimate of drug-likeness (QED) is 0.824. The minimum Gasteiger partial charge on any atom is -0.341 e. The molecule has 1 amide bonds. The highest BCUT2D eigenvalue weighted by molar-refractivity contribution is 8.00. The maximum absolute atomic E-state index is 13.5. The van der Waals surface area contributed by atoms with Crippen molar-refractivity contribution in [2.24, 2.45) is 0 Å². The molecule has 1 aliphatic carbocycles. The Balaban J connectivity index is 1.91. The number of carbonyl (C=O) groups excluding carboxylic acids is 1. The number of hydrogen-bond acceptors (Lipinski definition) is 4. The molecule has 0 N–H and O–H groups in total. The van der Waals surface area contributed by atoms with Crippen LogP contribution >= 0.6 is 11.8 Å². The van der Waals surface area contributed by atoms with Crippen LogP contribution < -0.4 is 0 Å². The van der Waals surface area contributed by atoms with Crippen molar-refractivity contribution in [2.75, 3.05) is 18.7 Å². The van der Waals surface area contributed by atoms with Crippen molar-refractivity contribution < 1.29 is 17.6 Å². The topological polar surface area (TPSA) is 57.7 Å². The molecule has 0 bridgehead atoms. The summed E-state index contributed by atoms with van der Waals surface area (Å²) < 4.78 is 40.5. The highest BCUT2D eigenvalue weighted by Crippen LogP contribution is 2.33. The molecular formula is C15H19FN2O3S2. The second-order valence-corrected chi connectivity index (χ2v) is 8.86. The van der Waals surface area contributed by atoms with E-state index < -0.39 is 21.9 Å². The minimum absolute atomic E-state index is 0.0631. The maximum Gasteiger partial charge on any atom is 0.244 e. The van der Waals surface area contributed by atoms with Crippen molar-refractivity contribution in [3.63, 3.8) is 0 Å². The van der Waals surface area contributed by atoms with Crippen LogP contribution in [0.3, 0.4) is 0 Å². The Morgan fingerprint density at radius 3 is 2.74 bits per heavy atom. The Hall–Kier alpha value is -1.12. The number of carbonyl (C=O) groups is 1. The molecule has 5 nitrogen and oxygen atoms in total. The van der Waals surface area contributed by atoms with Gasteiger partial charge in [0.05, 0.1) is 10.8 Å². The summed E-state index contributed by atoms with van der Waals surface area (Å²) in [5.41, 5.74) is 0.477. The summed E-state index contributed by atoms with van der Waals surface area (Å²) in [6.45, 7) is 1.63. The summed E-state index contributed by atoms with van der Waals surface area (Å²) in [4.78, 5) is 14.2. The van der Waals surface area contributed by atoms with E-state index in [1.54, 1.807) is 18.9 Å². The normalized spacial score (nSPS) is 22.3. The van der Waals surface area contributed by atoms with Gasteiger partial charge in [0.15, 0.2) is 0 Å². The minimum atomic E-state index is -3.90. The van der Waals surface area contributed by atoms with Gasteiger partial charge in [-0.3, -0.25) is 4.79 Å². The Labute approximate surface area is 139 Å². The Bertz CT molecular complexity index is 734. The molecule has 1 saturated heterocycles. The number of benzene rings is 1. The van der Waals surface area contributed by atoms with Gasteiger partial charge in [0, 0.05) is 18.8 Å². The van der Waals surface area contributed by atoms with E-state index in [0.717, 1.165) is 18.9 Å². The molecule has 0 unspecified atom stereocenters. The van der Waals surface area contributed by atoms with Gasteiger partial charge >= 0.3 is 0 Å². The van der Waals surface area contributed by atoms with Gasteiger partial charge in [-0.15, -0.1) is 11.8 Å². The highest BCUT2D eigenvalue weighted by Gasteiger charge is 2.43. The first kappa shape index (κ1) is 16.7. The van der Waals surface area contributed by atoms with Crippen LogP contribution in [0, 0.1) is 12.7 Å². The van der Waals surface area contributed by atoms with Crippen LogP contribution in [0.4, 0.5) is 4.39 Å². The molecule has 1 saturated carbocycles. The first-order valence-electron chi connectivity index (χ1n) is 7.45. The molecule has 0 spiro atoms. The predicted octanol–water partition coefficient (Wildman–Crippen LogP) is 1.82. The first-order valence-corrected chi connectivity index (χ1v) is 10.0. The Morgan fingerprint density at radius 2 is 2.09 bits per heavy atom. The van der Waals surface area contributed by atoms with Crippen molar-refractivity contribution in [2.45, 2.75) is 36.7 Å². The lowest BCUT2D eigenvalue weighted by Gasteiger charge is -2.27. The molecule has 3 rings (SSSR count). The van der Waals surface area contributed by atoms with E-state index in [-0.39, 0.29) is 22.7 Å². The van der Waals surface area contributed by atoms with Crippen molar-refractivity contribution in [3.05, 3.63) is 29.6 Å². The van der Waals surface area contributed by atoms with Crippen LogP contribution in [0.25, 0.3) is 0 Å². The smallest absolute Gasteiger partial charge is 0.244 e. The predicted molar refractivity (Wildman–Crippen MR) is 87.1 cm³/mol. The Morgan fingerprint density at radius 1 is 1.39 bits per heavy atom. The van der Waals surface area contributed by atoms with E-state index in [1.807, 2.05) is 0 Å². The van der Waals surface area contributed by atoms with E-state index in [4.69, 9.17) is 0 Å². The summed E-state index contributed by atoms with van der Waals surface area (Å²) in [6.07, 6.45) is 1.94. The SMILES string of the molecule is Cc1ccc(F)cc1S(=O)(=O)N1CSC[C@@H]1C(=O)N(C)C1CC1. The number of aryl methyl sites for hydroxylation is 1. The third kappa shape index (κ3) is 3.12. The largest absolute Gasteiger partial charge is 0.341 e. The van der Waals surface area contributed by atoms with E-state index in [0.29, 0.717) is 11.3 Å². The van der Waals surface area contributed by atoms with Crippen LogP contribution in [-0.2, 0) is 14.8 Å². The number of amides is 1. The summed E-state index contributed by atoms with van der Waals surface area (Å²) in [6, 6.07) is 3.22. The molecule has 1 aromatic carbocycles. The van der Waals surface area contributed by atoms with Crippen LogP contribution in [-0.4, -0.2) is 54.3 Å². The molecule has 1 atom stereocenters. The van der Waals surface area contributed by atoms with Crippen LogP contribution in [0.5, 0.6) is 0 Å². The molecule has 8 heteroatoms. The molecular weight excluding hydrogens is 339 g/mol. The van der Waals surface area contributed by atoms with E-state index >= 15 is 0 Å². The summed E-state index contributed by atoms with van der Waals surface area (Å²) in [7, 11) is -2.18. The van der Waals surface area contributed by atoms with Gasteiger partial charge in [-0.1, -0.05) is 6.07 Å². The molecule has 2 fully saturated rings. The highest BCUT2D eigenvalue weighted by atomic mass is 32.2. The van der Waals surface area contributed by atoms with Crippen LogP contribution in [0.2, 0.25) is 0 Å². The van der Waals surface area contributed by atoms with Gasteiger partial charge in [-0.2, -0.15) is 4.31 Å². The van der Waals surface area contributed by atoms with E-state index in [2.05, 4.69) is 0 Å². The van der Waals surface area contributed by atoms with Gasteiger partial charge < -0.3 is 4.90 Å². The van der Waals surface area contributed by atoms with Crippen molar-refractivity contribution in [1.29, 1.82) is 0 Å². The average molecular weight is 358 g/mol. The number of thioether (sulfide) groups is 1. The summed E-state index contributed by atoms with van der Waals surface area (Å²) in [5.74, 6) is -0.120. The zero-order valence-electron chi connectivity index (χ0n) is 13.0. The number of sulfonamides is 1. The number of halogens is 1. The fourth-order valence-corrected chi connectivity index (χ4v) is 6.09. The third-order valence-electron chi connectivity index (χ3n) is 4.31. The van der Waals surface area contributed by atoms with Crippen LogP contribution in [0.15, 0.2) is 23.1 Å². The summed E-state index contributed by atoms with van der Waals surface area (Å²) in [5, 5.41) is 0. The molecule has 126 valence electrons. The molecule has 0 aromatic heterocycles. The van der Waals surface area contributed by atoms with Gasteiger partial charge in [0.2, 0.25) is 15.9 Å². The maximum atomic E-state index is 13.5. The van der Waals surface area contributed by atoms with Crippen molar-refractivity contribution >= 4 is 27.7 Å². The molecule has 23 heavy (non-hydrogen) atoms. The van der Waals surface area contributed by atoms with Gasteiger partial charge in [-0.25, -0.2) is 12.8 Å². The van der Waals surface area contributed by atoms with E-state index in [1.165, 1.54) is 28.2 Å². The van der Waals surface area contributed by atoms with Gasteiger partial charge in [0.25, 0.3) is 0 Å². The molecule has 1 aromatic rings. The number of rotatable bonds is 4. The molecule has 2 aliphatic rings. The number of nitrogens with zero attached hydrogens (tertiary/aromatic N) is 2. The zero-order valence-corrected chi connectivity index (χ0v) is 14.7. The molecule has 0 radical (unpaired) electrons. The lowest BCUT2D eigenvalue weighted by Crippen LogP contribution is -2.48. The second kappa shape index (κ2) is 6.07. The summed E-state index contributed by atoms with van der Waals surface area (Å²) >= 11 is 1.41. The van der Waals surface area contributed by atoms with Gasteiger partial charge in [0.1, 0.15) is 11.9 Å². The second-order valence-electron chi connectivity index (χ2n) is 6.00. The lowest BCUT2D eigenvalue weighted by atomic mass is 10.2. The average Bonchev–Trinajstić information content (AvgIpc) is 3.24. The zero-order chi connectivity index (χ0) is 16.8. The number of likely N-dealkylation sites (N-methyl/N-ethyl adjacent to an activating group) is 1. The van der Waals surface area contributed by atoms with Crippen molar-refractivity contribution in [3.8, 4) is 0 Å². The first-order chi connectivity index (χ1) is 10.8. The fraction of sp³-hybridized carbons (Fsp3) is 0.533. The van der Waals surface area contributed by atoms with E-state index in [9.17, 15) is 17.6 Å². The number of hydrogen-bond donors (Lipinski definition) is 0.